The Balaban J connectivity index is 2.09. The highest BCUT2D eigenvalue weighted by Gasteiger charge is 2.14. The number of anilines is 1. The van der Waals surface area contributed by atoms with E-state index < -0.39 is 11.8 Å². The van der Waals surface area contributed by atoms with E-state index in [1.807, 2.05) is 0 Å². The number of hydrogen-bond donors (Lipinski definition) is 1. The fraction of sp³-hybridized carbons (Fsp3) is 0.133. The number of carbonyl (C=O) groups is 1. The van der Waals surface area contributed by atoms with E-state index in [0.717, 1.165) is 0 Å². The lowest BCUT2D eigenvalue weighted by Crippen LogP contribution is -2.09. The quantitative estimate of drug-likeness (QED) is 0.694. The maximum atomic E-state index is 13.7. The van der Waals surface area contributed by atoms with Crippen molar-refractivity contribution in [3.8, 4) is 5.75 Å². The lowest BCUT2D eigenvalue weighted by molar-refractivity contribution is 0.0470. The van der Waals surface area contributed by atoms with Gasteiger partial charge >= 0.3 is 5.97 Å². The van der Waals surface area contributed by atoms with E-state index in [9.17, 15) is 9.18 Å². The lowest BCUT2D eigenvalue weighted by atomic mass is 10.2. The van der Waals surface area contributed by atoms with Gasteiger partial charge in [0.2, 0.25) is 0 Å². The van der Waals surface area contributed by atoms with E-state index >= 15 is 0 Å². The molecule has 0 heterocycles. The molecule has 0 aliphatic rings. The molecule has 0 fully saturated rings. The second-order valence-corrected chi connectivity index (χ2v) is 4.64. The molecule has 0 radical (unpaired) electrons. The van der Waals surface area contributed by atoms with Crippen molar-refractivity contribution < 1.29 is 18.7 Å². The Morgan fingerprint density at radius 3 is 2.76 bits per heavy atom. The molecule has 2 aromatic rings. The van der Waals surface area contributed by atoms with Crippen LogP contribution in [0.1, 0.15) is 15.9 Å². The predicted octanol–water partition coefficient (Wildman–Crippen LogP) is 3.43. The molecular formula is C15H13ClFNO3. The number of ether oxygens (including phenoxy) is 2. The van der Waals surface area contributed by atoms with Crippen LogP contribution in [0.5, 0.6) is 5.75 Å². The Bertz CT molecular complexity index is 676. The minimum Gasteiger partial charge on any atom is -0.497 e. The Morgan fingerprint density at radius 1 is 1.33 bits per heavy atom. The summed E-state index contributed by atoms with van der Waals surface area (Å²) in [5, 5.41) is 0.264. The molecule has 0 spiro atoms. The molecule has 21 heavy (non-hydrogen) atoms. The molecular weight excluding hydrogens is 297 g/mol. The normalized spacial score (nSPS) is 10.2. The molecule has 4 nitrogen and oxygen atoms in total. The summed E-state index contributed by atoms with van der Waals surface area (Å²) < 4.78 is 23.7. The maximum absolute atomic E-state index is 13.7. The molecule has 2 N–H and O–H groups in total. The van der Waals surface area contributed by atoms with E-state index in [0.29, 0.717) is 5.75 Å². The van der Waals surface area contributed by atoms with Gasteiger partial charge < -0.3 is 15.2 Å². The van der Waals surface area contributed by atoms with Gasteiger partial charge in [0.05, 0.1) is 23.4 Å². The number of para-hydroxylation sites is 1. The van der Waals surface area contributed by atoms with Gasteiger partial charge in [-0.3, -0.25) is 0 Å². The van der Waals surface area contributed by atoms with Gasteiger partial charge in [-0.05, 0) is 24.3 Å². The Hall–Kier alpha value is -2.27. The van der Waals surface area contributed by atoms with Crippen molar-refractivity contribution in [2.75, 3.05) is 12.8 Å². The number of carbonyl (C=O) groups excluding carboxylic acids is 1. The maximum Gasteiger partial charge on any atom is 0.340 e. The Kier molecular flexibility index (Phi) is 4.65. The van der Waals surface area contributed by atoms with Crippen LogP contribution in [0.2, 0.25) is 5.02 Å². The highest BCUT2D eigenvalue weighted by atomic mass is 35.5. The smallest absolute Gasteiger partial charge is 0.340 e. The van der Waals surface area contributed by atoms with Crippen LogP contribution in [0.4, 0.5) is 10.1 Å². The summed E-state index contributed by atoms with van der Waals surface area (Å²) in [7, 11) is 1.44. The van der Waals surface area contributed by atoms with Crippen molar-refractivity contribution in [3.63, 3.8) is 0 Å². The number of nitrogen functional groups attached to an aromatic ring is 1. The third kappa shape index (κ3) is 3.44. The van der Waals surface area contributed by atoms with Crippen molar-refractivity contribution in [2.45, 2.75) is 6.61 Å². The van der Waals surface area contributed by atoms with Gasteiger partial charge in [0, 0.05) is 11.6 Å². The zero-order chi connectivity index (χ0) is 15.4. The van der Waals surface area contributed by atoms with Gasteiger partial charge in [-0.15, -0.1) is 0 Å². The summed E-state index contributed by atoms with van der Waals surface area (Å²) in [6.07, 6.45) is 0. The third-order valence-electron chi connectivity index (χ3n) is 2.89. The lowest BCUT2D eigenvalue weighted by Gasteiger charge is -2.09. The van der Waals surface area contributed by atoms with Gasteiger partial charge in [-0.25, -0.2) is 9.18 Å². The summed E-state index contributed by atoms with van der Waals surface area (Å²) in [4.78, 5) is 11.9. The molecule has 0 unspecified atom stereocenters. The standard InChI is InChI=1S/C15H13ClFNO3/c1-20-10-6-5-9(13(17)7-10)8-21-15(19)11-3-2-4-12(16)14(11)18/h2-7H,8,18H2,1H3. The number of esters is 1. The van der Waals surface area contributed by atoms with Crippen LogP contribution < -0.4 is 10.5 Å². The van der Waals surface area contributed by atoms with Crippen LogP contribution in [0.25, 0.3) is 0 Å². The van der Waals surface area contributed by atoms with Gasteiger partial charge in [-0.2, -0.15) is 0 Å². The van der Waals surface area contributed by atoms with E-state index in [1.54, 1.807) is 18.2 Å². The minimum atomic E-state index is -0.662. The molecule has 0 saturated heterocycles. The minimum absolute atomic E-state index is 0.138. The summed E-state index contributed by atoms with van der Waals surface area (Å²) in [5.74, 6) is -0.784. The van der Waals surface area contributed by atoms with Crippen LogP contribution >= 0.6 is 11.6 Å². The summed E-state index contributed by atoms with van der Waals surface area (Å²) in [6.45, 7) is -0.208. The van der Waals surface area contributed by atoms with Gasteiger partial charge in [-0.1, -0.05) is 17.7 Å². The fourth-order valence-corrected chi connectivity index (χ4v) is 1.88. The van der Waals surface area contributed by atoms with Crippen molar-refractivity contribution >= 4 is 23.3 Å². The molecule has 0 bridgehead atoms. The first kappa shape index (κ1) is 15.1. The zero-order valence-corrected chi connectivity index (χ0v) is 12.0. The molecule has 2 aromatic carbocycles. The Morgan fingerprint density at radius 2 is 2.10 bits per heavy atom. The molecule has 6 heteroatoms. The van der Waals surface area contributed by atoms with Crippen molar-refractivity contribution in [1.82, 2.24) is 0 Å². The first-order chi connectivity index (χ1) is 10.0. The molecule has 0 aliphatic carbocycles. The number of methoxy groups -OCH3 is 1. The molecule has 0 atom stereocenters. The van der Waals surface area contributed by atoms with Crippen molar-refractivity contribution in [1.29, 1.82) is 0 Å². The number of halogens is 2. The third-order valence-corrected chi connectivity index (χ3v) is 3.22. The van der Waals surface area contributed by atoms with E-state index in [4.69, 9.17) is 26.8 Å². The molecule has 110 valence electrons. The second kappa shape index (κ2) is 6.45. The molecule has 0 saturated carbocycles. The highest BCUT2D eigenvalue weighted by molar-refractivity contribution is 6.33. The second-order valence-electron chi connectivity index (χ2n) is 4.23. The Labute approximate surface area is 126 Å². The summed E-state index contributed by atoms with van der Waals surface area (Å²) >= 11 is 5.83. The number of nitrogens with two attached hydrogens (primary N) is 1. The zero-order valence-electron chi connectivity index (χ0n) is 11.2. The summed E-state index contributed by atoms with van der Waals surface area (Å²) in [5.41, 5.74) is 6.23. The molecule has 2 rings (SSSR count). The SMILES string of the molecule is COc1ccc(COC(=O)c2cccc(Cl)c2N)c(F)c1. The number of benzene rings is 2. The predicted molar refractivity (Wildman–Crippen MR) is 77.9 cm³/mol. The first-order valence-electron chi connectivity index (χ1n) is 6.06. The molecule has 0 aromatic heterocycles. The monoisotopic (exact) mass is 309 g/mol. The van der Waals surface area contributed by atoms with E-state index in [1.165, 1.54) is 25.3 Å². The average molecular weight is 310 g/mol. The average Bonchev–Trinajstić information content (AvgIpc) is 2.48. The number of hydrogen-bond acceptors (Lipinski definition) is 4. The summed E-state index contributed by atoms with van der Waals surface area (Å²) in [6, 6.07) is 8.94. The van der Waals surface area contributed by atoms with E-state index in [-0.39, 0.29) is 28.4 Å². The molecule has 0 amide bonds. The number of rotatable bonds is 4. The highest BCUT2D eigenvalue weighted by Crippen LogP contribution is 2.23. The van der Waals surface area contributed by atoms with Crippen LogP contribution in [-0.2, 0) is 11.3 Å². The first-order valence-corrected chi connectivity index (χ1v) is 6.44. The largest absolute Gasteiger partial charge is 0.497 e. The van der Waals surface area contributed by atoms with Gasteiger partial charge in [0.15, 0.2) is 0 Å². The topological polar surface area (TPSA) is 61.5 Å². The van der Waals surface area contributed by atoms with Crippen LogP contribution in [0.15, 0.2) is 36.4 Å². The van der Waals surface area contributed by atoms with Crippen molar-refractivity contribution in [2.24, 2.45) is 0 Å². The van der Waals surface area contributed by atoms with Crippen LogP contribution in [-0.4, -0.2) is 13.1 Å². The van der Waals surface area contributed by atoms with Crippen LogP contribution in [0, 0.1) is 5.82 Å². The fourth-order valence-electron chi connectivity index (χ4n) is 1.71. The van der Waals surface area contributed by atoms with Gasteiger partial charge in [0.25, 0.3) is 0 Å². The van der Waals surface area contributed by atoms with Crippen LogP contribution in [0.3, 0.4) is 0 Å². The van der Waals surface area contributed by atoms with Gasteiger partial charge in [0.1, 0.15) is 18.2 Å². The van der Waals surface area contributed by atoms with E-state index in [2.05, 4.69) is 0 Å². The molecule has 0 aliphatic heterocycles. The van der Waals surface area contributed by atoms with Crippen molar-refractivity contribution in [3.05, 3.63) is 58.4 Å².